The first-order chi connectivity index (χ1) is 14.9. The maximum Gasteiger partial charge on any atom is 0.237 e. The molecule has 31 heavy (non-hydrogen) atoms. The van der Waals surface area contributed by atoms with Gasteiger partial charge in [0.2, 0.25) is 17.7 Å². The second-order valence-corrected chi connectivity index (χ2v) is 7.90. The molecule has 8 heteroatoms. The number of ether oxygens (including phenoxy) is 1. The van der Waals surface area contributed by atoms with E-state index in [0.717, 1.165) is 11.3 Å². The van der Waals surface area contributed by atoms with Crippen LogP contribution in [0.3, 0.4) is 0 Å². The number of nitrogens with one attached hydrogen (secondary N) is 3. The van der Waals surface area contributed by atoms with E-state index in [1.165, 1.54) is 0 Å². The van der Waals surface area contributed by atoms with Gasteiger partial charge in [-0.2, -0.15) is 0 Å². The molecule has 0 radical (unpaired) electrons. The Hall–Kier alpha value is -3.06. The molecule has 2 aromatic rings. The molecule has 1 saturated heterocycles. The number of hydrogen-bond acceptors (Lipinski definition) is 5. The molecule has 0 bridgehead atoms. The Morgan fingerprint density at radius 3 is 2.58 bits per heavy atom. The van der Waals surface area contributed by atoms with Crippen molar-refractivity contribution in [2.45, 2.75) is 38.0 Å². The molecule has 0 saturated carbocycles. The van der Waals surface area contributed by atoms with E-state index in [9.17, 15) is 14.4 Å². The number of carbonyl (C=O) groups is 3. The lowest BCUT2D eigenvalue weighted by Crippen LogP contribution is -2.51. The van der Waals surface area contributed by atoms with Crippen LogP contribution in [0.25, 0.3) is 0 Å². The number of rotatable bonds is 8. The topological polar surface area (TPSA) is 96.5 Å². The van der Waals surface area contributed by atoms with Crippen molar-refractivity contribution in [1.82, 2.24) is 5.32 Å². The molecule has 164 valence electrons. The van der Waals surface area contributed by atoms with Crippen molar-refractivity contribution < 1.29 is 19.1 Å². The summed E-state index contributed by atoms with van der Waals surface area (Å²) >= 11 is 6.01. The Morgan fingerprint density at radius 1 is 1.19 bits per heavy atom. The first kappa shape index (κ1) is 22.6. The minimum absolute atomic E-state index is 0.146. The quantitative estimate of drug-likeness (QED) is 0.538. The van der Waals surface area contributed by atoms with Crippen LogP contribution in [0.2, 0.25) is 5.02 Å². The van der Waals surface area contributed by atoms with Gasteiger partial charge in [-0.15, -0.1) is 0 Å². The van der Waals surface area contributed by atoms with Crippen LogP contribution in [0.1, 0.15) is 38.2 Å². The number of imide groups is 1. The molecule has 1 atom stereocenters. The monoisotopic (exact) mass is 443 g/mol. The average Bonchev–Trinajstić information content (AvgIpc) is 2.75. The van der Waals surface area contributed by atoms with E-state index in [-0.39, 0.29) is 24.1 Å². The second-order valence-electron chi connectivity index (χ2n) is 7.46. The molecule has 2 aromatic carbocycles. The van der Waals surface area contributed by atoms with Crippen molar-refractivity contribution in [3.05, 3.63) is 53.1 Å². The van der Waals surface area contributed by atoms with Gasteiger partial charge >= 0.3 is 0 Å². The summed E-state index contributed by atoms with van der Waals surface area (Å²) in [6.07, 6.45) is 1.65. The van der Waals surface area contributed by atoms with E-state index >= 15 is 0 Å². The second kappa shape index (κ2) is 9.83. The van der Waals surface area contributed by atoms with Gasteiger partial charge in [0, 0.05) is 30.1 Å². The molecule has 1 heterocycles. The molecule has 3 rings (SSSR count). The SMILES string of the molecule is CCC1(c2ccc(NC(=O)CCNc3cc(Cl)ccc3OC)cc2)CCC(=O)NC1=O. The van der Waals surface area contributed by atoms with Gasteiger partial charge in [0.25, 0.3) is 0 Å². The summed E-state index contributed by atoms with van der Waals surface area (Å²) in [6.45, 7) is 2.35. The molecule has 1 unspecified atom stereocenters. The standard InChI is InChI=1S/C23H26ClN3O4/c1-3-23(12-10-20(28)27-22(23)30)15-4-7-17(8-5-15)26-21(29)11-13-25-18-14-16(24)6-9-19(18)31-2/h4-9,14,25H,3,10-13H2,1-2H3,(H,26,29)(H,27,28,30). The van der Waals surface area contributed by atoms with E-state index in [4.69, 9.17) is 16.3 Å². The number of hydrogen-bond donors (Lipinski definition) is 3. The molecule has 3 N–H and O–H groups in total. The van der Waals surface area contributed by atoms with Crippen LogP contribution in [0.15, 0.2) is 42.5 Å². The zero-order valence-corrected chi connectivity index (χ0v) is 18.3. The fraction of sp³-hybridized carbons (Fsp3) is 0.348. The molecule has 1 aliphatic rings. The van der Waals surface area contributed by atoms with Crippen molar-refractivity contribution >= 4 is 40.7 Å². The first-order valence-electron chi connectivity index (χ1n) is 10.2. The lowest BCUT2D eigenvalue weighted by atomic mass is 9.72. The van der Waals surface area contributed by atoms with E-state index < -0.39 is 5.41 Å². The summed E-state index contributed by atoms with van der Waals surface area (Å²) in [4.78, 5) is 36.3. The summed E-state index contributed by atoms with van der Waals surface area (Å²) < 4.78 is 5.28. The third-order valence-corrected chi connectivity index (χ3v) is 5.86. The van der Waals surface area contributed by atoms with Crippen LogP contribution in [-0.4, -0.2) is 31.4 Å². The summed E-state index contributed by atoms with van der Waals surface area (Å²) in [5.41, 5.74) is 1.50. The molecular formula is C23H26ClN3O4. The number of methoxy groups -OCH3 is 1. The van der Waals surface area contributed by atoms with E-state index in [1.54, 1.807) is 37.4 Å². The predicted molar refractivity (Wildman–Crippen MR) is 121 cm³/mol. The summed E-state index contributed by atoms with van der Waals surface area (Å²) in [7, 11) is 1.57. The summed E-state index contributed by atoms with van der Waals surface area (Å²) in [6, 6.07) is 12.5. The Bertz CT molecular complexity index is 977. The van der Waals surface area contributed by atoms with Crippen molar-refractivity contribution in [2.24, 2.45) is 0 Å². The average molecular weight is 444 g/mol. The van der Waals surface area contributed by atoms with Gasteiger partial charge in [-0.25, -0.2) is 0 Å². The van der Waals surface area contributed by atoms with Crippen molar-refractivity contribution in [3.63, 3.8) is 0 Å². The van der Waals surface area contributed by atoms with Crippen LogP contribution >= 0.6 is 11.6 Å². The smallest absolute Gasteiger partial charge is 0.237 e. The molecule has 0 aromatic heterocycles. The highest BCUT2D eigenvalue weighted by atomic mass is 35.5. The molecular weight excluding hydrogens is 418 g/mol. The number of anilines is 2. The fourth-order valence-corrected chi connectivity index (χ4v) is 3.96. The van der Waals surface area contributed by atoms with E-state index in [0.29, 0.717) is 42.3 Å². The van der Waals surface area contributed by atoms with Gasteiger partial charge in [-0.3, -0.25) is 19.7 Å². The van der Waals surface area contributed by atoms with Crippen LogP contribution in [0, 0.1) is 0 Å². The highest BCUT2D eigenvalue weighted by Crippen LogP contribution is 2.36. The number of piperidine rings is 1. The zero-order valence-electron chi connectivity index (χ0n) is 17.6. The Labute approximate surface area is 186 Å². The van der Waals surface area contributed by atoms with E-state index in [1.807, 2.05) is 19.1 Å². The number of benzene rings is 2. The van der Waals surface area contributed by atoms with Gasteiger partial charge in [0.1, 0.15) is 5.75 Å². The normalized spacial score (nSPS) is 18.3. The highest BCUT2D eigenvalue weighted by molar-refractivity contribution is 6.30. The largest absolute Gasteiger partial charge is 0.495 e. The zero-order chi connectivity index (χ0) is 22.4. The molecule has 1 aliphatic heterocycles. The van der Waals surface area contributed by atoms with Crippen LogP contribution in [0.5, 0.6) is 5.75 Å². The van der Waals surface area contributed by atoms with Gasteiger partial charge in [0.15, 0.2) is 0 Å². The van der Waals surface area contributed by atoms with Gasteiger partial charge in [-0.05, 0) is 48.7 Å². The summed E-state index contributed by atoms with van der Waals surface area (Å²) in [5, 5.41) is 9.03. The minimum Gasteiger partial charge on any atom is -0.495 e. The molecule has 0 aliphatic carbocycles. The van der Waals surface area contributed by atoms with Gasteiger partial charge in [0.05, 0.1) is 18.2 Å². The molecule has 3 amide bonds. The number of amides is 3. The van der Waals surface area contributed by atoms with E-state index in [2.05, 4.69) is 16.0 Å². The van der Waals surface area contributed by atoms with Crippen molar-refractivity contribution in [1.29, 1.82) is 0 Å². The van der Waals surface area contributed by atoms with Crippen molar-refractivity contribution in [3.8, 4) is 5.75 Å². The Kier molecular flexibility index (Phi) is 7.17. The Morgan fingerprint density at radius 2 is 1.94 bits per heavy atom. The number of halogens is 1. The van der Waals surface area contributed by atoms with Crippen molar-refractivity contribution in [2.75, 3.05) is 24.3 Å². The maximum atomic E-state index is 12.5. The molecule has 7 nitrogen and oxygen atoms in total. The van der Waals surface area contributed by atoms with Gasteiger partial charge < -0.3 is 15.4 Å². The summed E-state index contributed by atoms with van der Waals surface area (Å²) in [5.74, 6) is 0.0127. The van der Waals surface area contributed by atoms with Crippen LogP contribution in [-0.2, 0) is 19.8 Å². The van der Waals surface area contributed by atoms with Crippen LogP contribution in [0.4, 0.5) is 11.4 Å². The minimum atomic E-state index is -0.712. The first-order valence-corrected chi connectivity index (χ1v) is 10.6. The third-order valence-electron chi connectivity index (χ3n) is 5.62. The highest BCUT2D eigenvalue weighted by Gasteiger charge is 2.42. The lowest BCUT2D eigenvalue weighted by molar-refractivity contribution is -0.138. The Balaban J connectivity index is 1.57. The maximum absolute atomic E-state index is 12.5. The lowest BCUT2D eigenvalue weighted by Gasteiger charge is -2.35. The van der Waals surface area contributed by atoms with Crippen LogP contribution < -0.4 is 20.7 Å². The number of carbonyl (C=O) groups excluding carboxylic acids is 3. The third kappa shape index (κ3) is 5.17. The molecule has 1 fully saturated rings. The fourth-order valence-electron chi connectivity index (χ4n) is 3.79. The van der Waals surface area contributed by atoms with Gasteiger partial charge in [-0.1, -0.05) is 30.7 Å². The predicted octanol–water partition coefficient (Wildman–Crippen LogP) is 3.87. The molecule has 0 spiro atoms.